The highest BCUT2D eigenvalue weighted by Crippen LogP contribution is 2.24. The first-order valence-electron chi connectivity index (χ1n) is 9.34. The number of aromatic nitrogens is 1. The van der Waals surface area contributed by atoms with Crippen LogP contribution in [0.2, 0.25) is 5.02 Å². The average molecular weight is 506 g/mol. The Balaban J connectivity index is 0.00000300. The van der Waals surface area contributed by atoms with Gasteiger partial charge in [-0.2, -0.15) is 0 Å². The standard InChI is InChI=1S/C22H25ClN4O.3ClH/c1-15(2)14-27-22(24)16-3-6-18(7-4-16)28-12-11-26-20-9-10-25-21-13-17(23)5-8-19(20)21;;;/h3-10,13,15H,11-12,14H2,1-2H3,(H2,24,27)(H,25,26);3*1H. The Labute approximate surface area is 207 Å². The third kappa shape index (κ3) is 8.62. The van der Waals surface area contributed by atoms with E-state index in [1.807, 2.05) is 48.5 Å². The lowest BCUT2D eigenvalue weighted by Crippen LogP contribution is -2.15. The number of nitrogens with zero attached hydrogens (tertiary/aromatic N) is 2. The molecule has 0 fully saturated rings. The fourth-order valence-corrected chi connectivity index (χ4v) is 2.89. The zero-order valence-electron chi connectivity index (χ0n) is 17.4. The smallest absolute Gasteiger partial charge is 0.125 e. The lowest BCUT2D eigenvalue weighted by atomic mass is 10.2. The first kappa shape index (κ1) is 29.1. The van der Waals surface area contributed by atoms with E-state index in [1.54, 1.807) is 6.20 Å². The van der Waals surface area contributed by atoms with E-state index in [1.165, 1.54) is 0 Å². The molecule has 9 heteroatoms. The summed E-state index contributed by atoms with van der Waals surface area (Å²) < 4.78 is 5.81. The first-order valence-corrected chi connectivity index (χ1v) is 9.72. The van der Waals surface area contributed by atoms with E-state index in [-0.39, 0.29) is 37.2 Å². The summed E-state index contributed by atoms with van der Waals surface area (Å²) in [5, 5.41) is 5.10. The number of benzene rings is 2. The van der Waals surface area contributed by atoms with Crippen LogP contribution in [0.15, 0.2) is 59.7 Å². The highest BCUT2D eigenvalue weighted by atomic mass is 35.5. The molecule has 3 rings (SSSR count). The molecule has 170 valence electrons. The largest absolute Gasteiger partial charge is 0.492 e. The van der Waals surface area contributed by atoms with Crippen molar-refractivity contribution in [2.45, 2.75) is 13.8 Å². The summed E-state index contributed by atoms with van der Waals surface area (Å²) >= 11 is 6.03. The minimum Gasteiger partial charge on any atom is -0.492 e. The third-order valence-corrected chi connectivity index (χ3v) is 4.40. The maximum Gasteiger partial charge on any atom is 0.125 e. The van der Waals surface area contributed by atoms with Crippen LogP contribution >= 0.6 is 48.8 Å². The summed E-state index contributed by atoms with van der Waals surface area (Å²) in [6, 6.07) is 15.3. The highest BCUT2D eigenvalue weighted by molar-refractivity contribution is 6.31. The zero-order chi connectivity index (χ0) is 19.9. The number of amidine groups is 1. The van der Waals surface area contributed by atoms with Gasteiger partial charge in [-0.3, -0.25) is 9.98 Å². The molecule has 0 aliphatic heterocycles. The molecule has 0 unspecified atom stereocenters. The number of rotatable bonds is 8. The van der Waals surface area contributed by atoms with Crippen LogP contribution in [-0.2, 0) is 0 Å². The van der Waals surface area contributed by atoms with Crippen molar-refractivity contribution in [1.29, 1.82) is 0 Å². The monoisotopic (exact) mass is 504 g/mol. The Morgan fingerprint density at radius 1 is 1.10 bits per heavy atom. The maximum atomic E-state index is 6.03. The molecule has 0 saturated carbocycles. The van der Waals surface area contributed by atoms with E-state index in [4.69, 9.17) is 22.1 Å². The summed E-state index contributed by atoms with van der Waals surface area (Å²) in [4.78, 5) is 8.74. The van der Waals surface area contributed by atoms with Crippen molar-refractivity contribution < 1.29 is 4.74 Å². The van der Waals surface area contributed by atoms with Crippen molar-refractivity contribution in [3.63, 3.8) is 0 Å². The van der Waals surface area contributed by atoms with Crippen LogP contribution in [0.5, 0.6) is 5.75 Å². The van der Waals surface area contributed by atoms with Crippen LogP contribution in [-0.4, -0.2) is 30.5 Å². The summed E-state index contributed by atoms with van der Waals surface area (Å²) in [5.41, 5.74) is 8.81. The quantitative estimate of drug-likeness (QED) is 0.223. The lowest BCUT2D eigenvalue weighted by Gasteiger charge is -2.11. The van der Waals surface area contributed by atoms with Gasteiger partial charge < -0.3 is 15.8 Å². The Morgan fingerprint density at radius 2 is 1.81 bits per heavy atom. The maximum absolute atomic E-state index is 6.03. The average Bonchev–Trinajstić information content (AvgIpc) is 2.69. The molecule has 3 N–H and O–H groups in total. The number of anilines is 1. The number of hydrogen-bond acceptors (Lipinski definition) is 4. The van der Waals surface area contributed by atoms with Crippen LogP contribution in [0.4, 0.5) is 5.69 Å². The Bertz CT molecular complexity index is 965. The van der Waals surface area contributed by atoms with Gasteiger partial charge in [0, 0.05) is 40.9 Å². The molecule has 0 radical (unpaired) electrons. The van der Waals surface area contributed by atoms with Crippen LogP contribution in [0.1, 0.15) is 19.4 Å². The van der Waals surface area contributed by atoms with Gasteiger partial charge in [0.15, 0.2) is 0 Å². The Morgan fingerprint density at radius 3 is 2.48 bits per heavy atom. The van der Waals surface area contributed by atoms with E-state index in [9.17, 15) is 0 Å². The second-order valence-corrected chi connectivity index (χ2v) is 7.38. The highest BCUT2D eigenvalue weighted by Gasteiger charge is 2.03. The summed E-state index contributed by atoms with van der Waals surface area (Å²) in [7, 11) is 0. The van der Waals surface area contributed by atoms with E-state index < -0.39 is 0 Å². The summed E-state index contributed by atoms with van der Waals surface area (Å²) in [5.74, 6) is 1.85. The van der Waals surface area contributed by atoms with Gasteiger partial charge in [0.1, 0.15) is 18.2 Å². The molecule has 2 aromatic carbocycles. The van der Waals surface area contributed by atoms with Crippen LogP contribution in [0.3, 0.4) is 0 Å². The van der Waals surface area contributed by atoms with Crippen molar-refractivity contribution in [3.8, 4) is 5.75 Å². The molecule has 0 aliphatic rings. The zero-order valence-corrected chi connectivity index (χ0v) is 20.6. The van der Waals surface area contributed by atoms with Crippen LogP contribution in [0.25, 0.3) is 10.9 Å². The topological polar surface area (TPSA) is 72.5 Å². The molecule has 0 spiro atoms. The number of ether oxygens (including phenoxy) is 1. The second kappa shape index (κ2) is 14.2. The van der Waals surface area contributed by atoms with E-state index in [2.05, 4.69) is 29.1 Å². The number of hydrogen-bond donors (Lipinski definition) is 2. The Hall–Kier alpha value is -1.92. The molecule has 0 saturated heterocycles. The molecular weight excluding hydrogens is 478 g/mol. The molecule has 1 heterocycles. The van der Waals surface area contributed by atoms with Crippen molar-refractivity contribution in [1.82, 2.24) is 4.98 Å². The molecular formula is C22H28Cl4N4O. The number of aliphatic imine (C=N–C) groups is 1. The van der Waals surface area contributed by atoms with Gasteiger partial charge in [0.05, 0.1) is 5.52 Å². The molecule has 31 heavy (non-hydrogen) atoms. The predicted molar refractivity (Wildman–Crippen MR) is 139 cm³/mol. The molecule has 5 nitrogen and oxygen atoms in total. The van der Waals surface area contributed by atoms with Gasteiger partial charge in [-0.05, 0) is 54.4 Å². The van der Waals surface area contributed by atoms with Crippen molar-refractivity contribution >= 4 is 71.2 Å². The fraction of sp³-hybridized carbons (Fsp3) is 0.273. The van der Waals surface area contributed by atoms with Gasteiger partial charge >= 0.3 is 0 Å². The molecule has 0 amide bonds. The summed E-state index contributed by atoms with van der Waals surface area (Å²) in [6.07, 6.45) is 1.77. The SMILES string of the molecule is CC(C)CN=C(N)c1ccc(OCCNc2ccnc3cc(Cl)ccc23)cc1.Cl.Cl.Cl. The van der Waals surface area contributed by atoms with Gasteiger partial charge in [0.2, 0.25) is 0 Å². The van der Waals surface area contributed by atoms with Crippen LogP contribution < -0.4 is 15.8 Å². The van der Waals surface area contributed by atoms with E-state index in [0.29, 0.717) is 29.9 Å². The molecule has 0 atom stereocenters. The number of nitrogens with one attached hydrogen (secondary N) is 1. The van der Waals surface area contributed by atoms with Crippen molar-refractivity contribution in [3.05, 3.63) is 65.3 Å². The predicted octanol–water partition coefficient (Wildman–Crippen LogP) is 6.01. The number of halogens is 4. The molecule has 1 aromatic heterocycles. The van der Waals surface area contributed by atoms with Crippen molar-refractivity contribution in [2.24, 2.45) is 16.6 Å². The van der Waals surface area contributed by atoms with Gasteiger partial charge in [-0.1, -0.05) is 25.4 Å². The minimum atomic E-state index is 0. The molecule has 0 bridgehead atoms. The first-order chi connectivity index (χ1) is 13.5. The van der Waals surface area contributed by atoms with Gasteiger partial charge in [-0.25, -0.2) is 0 Å². The van der Waals surface area contributed by atoms with Gasteiger partial charge in [-0.15, -0.1) is 37.2 Å². The molecule has 3 aromatic rings. The minimum absolute atomic E-state index is 0. The van der Waals surface area contributed by atoms with Crippen LogP contribution in [0, 0.1) is 5.92 Å². The van der Waals surface area contributed by atoms with Gasteiger partial charge in [0.25, 0.3) is 0 Å². The molecule has 0 aliphatic carbocycles. The Kier molecular flexibility index (Phi) is 13.3. The lowest BCUT2D eigenvalue weighted by molar-refractivity contribution is 0.333. The number of pyridine rings is 1. The summed E-state index contributed by atoms with van der Waals surface area (Å²) in [6.45, 7) is 6.16. The van der Waals surface area contributed by atoms with Crippen molar-refractivity contribution in [2.75, 3.05) is 25.0 Å². The van der Waals surface area contributed by atoms with E-state index >= 15 is 0 Å². The number of fused-ring (bicyclic) bond motifs is 1. The fourth-order valence-electron chi connectivity index (χ4n) is 2.72. The second-order valence-electron chi connectivity index (χ2n) is 6.94. The number of nitrogens with two attached hydrogens (primary N) is 1. The van der Waals surface area contributed by atoms with E-state index in [0.717, 1.165) is 34.4 Å². The normalized spacial score (nSPS) is 10.6. The third-order valence-electron chi connectivity index (χ3n) is 4.17.